The van der Waals surface area contributed by atoms with Crippen LogP contribution in [0.2, 0.25) is 0 Å². The maximum Gasteiger partial charge on any atom is 0.344 e. The molecule has 3 heterocycles. The van der Waals surface area contributed by atoms with Gasteiger partial charge in [0.05, 0.1) is 23.6 Å². The van der Waals surface area contributed by atoms with Crippen molar-refractivity contribution < 1.29 is 29.0 Å². The van der Waals surface area contributed by atoms with Crippen LogP contribution in [0.4, 0.5) is 5.82 Å². The molecule has 1 aliphatic carbocycles. The van der Waals surface area contributed by atoms with E-state index in [4.69, 9.17) is 14.6 Å². The molecule has 0 bridgehead atoms. The molecular weight excluding hydrogens is 554 g/mol. The molecule has 2 aromatic heterocycles. The lowest BCUT2D eigenvalue weighted by Crippen LogP contribution is -2.30. The number of nitrogens with zero attached hydrogens (tertiary/aromatic N) is 2. The van der Waals surface area contributed by atoms with Gasteiger partial charge in [0.1, 0.15) is 11.6 Å². The fraction of sp³-hybridized carbons (Fsp3) is 0.250. The van der Waals surface area contributed by atoms with Crippen LogP contribution in [-0.2, 0) is 14.3 Å². The lowest BCUT2D eigenvalue weighted by molar-refractivity contribution is -0.145. The number of fused-ring (bicyclic) bond motifs is 1. The molecule has 2 atom stereocenters. The fourth-order valence-corrected chi connectivity index (χ4v) is 6.68. The number of carbonyl (C=O) groups is 3. The lowest BCUT2D eigenvalue weighted by atomic mass is 9.73. The molecule has 0 unspecified atom stereocenters. The fourth-order valence-electron chi connectivity index (χ4n) is 5.85. The monoisotopic (exact) mass is 583 g/mol. The van der Waals surface area contributed by atoms with E-state index in [-0.39, 0.29) is 30.5 Å². The molecule has 0 fully saturated rings. The minimum Gasteiger partial charge on any atom is -0.482 e. The van der Waals surface area contributed by atoms with Crippen molar-refractivity contribution in [1.29, 1.82) is 0 Å². The Bertz CT molecular complexity index is 1700. The number of rotatable bonds is 8. The third kappa shape index (κ3) is 4.98. The number of hydrogen-bond donors (Lipinski definition) is 2. The zero-order valence-electron chi connectivity index (χ0n) is 23.1. The van der Waals surface area contributed by atoms with Gasteiger partial charge in [-0.3, -0.25) is 4.79 Å². The SMILES string of the molecule is CCOC(=O)COc1ccc([C@H]2C3=C(C[C@H](c4cccs4)CC3=O)Nc3c2c(C)nn3-c2ccccc2C(=O)O)cc1. The average Bonchev–Trinajstić information content (AvgIpc) is 3.64. The van der Waals surface area contributed by atoms with Crippen LogP contribution in [0.25, 0.3) is 5.69 Å². The highest BCUT2D eigenvalue weighted by atomic mass is 32.1. The van der Waals surface area contributed by atoms with Gasteiger partial charge in [0.2, 0.25) is 0 Å². The topological polar surface area (TPSA) is 120 Å². The molecule has 0 saturated heterocycles. The average molecular weight is 584 g/mol. The van der Waals surface area contributed by atoms with Gasteiger partial charge in [-0.25, -0.2) is 14.3 Å². The molecule has 42 heavy (non-hydrogen) atoms. The molecule has 0 spiro atoms. The molecule has 6 rings (SSSR count). The first-order chi connectivity index (χ1) is 20.4. The van der Waals surface area contributed by atoms with Gasteiger partial charge in [-0.1, -0.05) is 30.3 Å². The van der Waals surface area contributed by atoms with E-state index in [0.29, 0.717) is 41.4 Å². The largest absolute Gasteiger partial charge is 0.482 e. The van der Waals surface area contributed by atoms with Crippen LogP contribution in [0, 0.1) is 6.92 Å². The standard InChI is InChI=1S/C32H29N3O6S/c1-3-40-27(37)17-41-21-12-10-19(11-13-21)29-28-18(2)34-35(24-8-5-4-7-22(24)32(38)39)31(28)33-23-15-20(16-25(36)30(23)29)26-9-6-14-42-26/h4-14,20,29,33H,3,15-17H2,1-2H3,(H,38,39)/t20-,29+/m0/s1. The van der Waals surface area contributed by atoms with Crippen molar-refractivity contribution in [2.24, 2.45) is 0 Å². The number of carboxylic acids is 1. The van der Waals surface area contributed by atoms with Crippen molar-refractivity contribution in [2.45, 2.75) is 38.5 Å². The Hall–Kier alpha value is -4.70. The van der Waals surface area contributed by atoms with E-state index in [1.54, 1.807) is 59.3 Å². The maximum atomic E-state index is 13.9. The summed E-state index contributed by atoms with van der Waals surface area (Å²) >= 11 is 1.64. The summed E-state index contributed by atoms with van der Waals surface area (Å²) in [5.41, 5.74) is 4.45. The lowest BCUT2D eigenvalue weighted by Gasteiger charge is -2.35. The zero-order chi connectivity index (χ0) is 29.4. The van der Waals surface area contributed by atoms with Crippen molar-refractivity contribution in [3.8, 4) is 11.4 Å². The Morgan fingerprint density at radius 1 is 1.10 bits per heavy atom. The number of aryl methyl sites for hydroxylation is 1. The molecule has 214 valence electrons. The van der Waals surface area contributed by atoms with Gasteiger partial charge in [0, 0.05) is 40.0 Å². The number of carboxylic acid groups (broad SMARTS) is 1. The molecule has 2 aromatic carbocycles. The van der Waals surface area contributed by atoms with E-state index >= 15 is 0 Å². The van der Waals surface area contributed by atoms with Crippen molar-refractivity contribution in [2.75, 3.05) is 18.5 Å². The highest BCUT2D eigenvalue weighted by Crippen LogP contribution is 2.50. The van der Waals surface area contributed by atoms with Crippen LogP contribution in [0.15, 0.2) is 77.3 Å². The normalized spacial score (nSPS) is 17.7. The summed E-state index contributed by atoms with van der Waals surface area (Å²) < 4.78 is 12.2. The van der Waals surface area contributed by atoms with Crippen molar-refractivity contribution in [3.63, 3.8) is 0 Å². The summed E-state index contributed by atoms with van der Waals surface area (Å²) in [6.07, 6.45) is 1.05. The Kier molecular flexibility index (Phi) is 7.38. The number of Topliss-reactive ketones (excluding diaryl/α,β-unsaturated/α-hetero) is 1. The second-order valence-corrected chi connectivity index (χ2v) is 11.2. The van der Waals surface area contributed by atoms with Gasteiger partial charge in [0.25, 0.3) is 0 Å². The van der Waals surface area contributed by atoms with Crippen molar-refractivity contribution in [1.82, 2.24) is 9.78 Å². The summed E-state index contributed by atoms with van der Waals surface area (Å²) in [6, 6.07) is 18.1. The third-order valence-corrected chi connectivity index (χ3v) is 8.68. The number of nitrogens with one attached hydrogen (secondary N) is 1. The summed E-state index contributed by atoms with van der Waals surface area (Å²) in [4.78, 5) is 38.9. The molecule has 9 nitrogen and oxygen atoms in total. The van der Waals surface area contributed by atoms with Gasteiger partial charge in [-0.05, 0) is 61.5 Å². The van der Waals surface area contributed by atoms with Gasteiger partial charge in [0.15, 0.2) is 12.4 Å². The van der Waals surface area contributed by atoms with Crippen LogP contribution in [-0.4, -0.2) is 45.8 Å². The summed E-state index contributed by atoms with van der Waals surface area (Å²) in [5.74, 6) is -0.649. The second kappa shape index (κ2) is 11.3. The van der Waals surface area contributed by atoms with Gasteiger partial charge < -0.3 is 19.9 Å². The molecule has 4 aromatic rings. The number of aromatic carboxylic acids is 1. The highest BCUT2D eigenvalue weighted by Gasteiger charge is 2.41. The quantitative estimate of drug-likeness (QED) is 0.248. The predicted octanol–water partition coefficient (Wildman–Crippen LogP) is 5.84. The number of benzene rings is 2. The molecule has 2 aliphatic rings. The molecular formula is C32H29N3O6S. The zero-order valence-corrected chi connectivity index (χ0v) is 23.9. The number of esters is 1. The Labute approximate surface area is 246 Å². The number of anilines is 1. The van der Waals surface area contributed by atoms with E-state index in [9.17, 15) is 19.5 Å². The van der Waals surface area contributed by atoms with E-state index in [2.05, 4.69) is 11.4 Å². The number of carbonyl (C=O) groups excluding carboxylic acids is 2. The Balaban J connectivity index is 1.45. The van der Waals surface area contributed by atoms with E-state index in [1.165, 1.54) is 0 Å². The maximum absolute atomic E-state index is 13.9. The van der Waals surface area contributed by atoms with E-state index in [0.717, 1.165) is 21.7 Å². The minimum absolute atomic E-state index is 0.0494. The molecule has 10 heteroatoms. The van der Waals surface area contributed by atoms with Gasteiger partial charge in [-0.15, -0.1) is 11.3 Å². The van der Waals surface area contributed by atoms with Crippen LogP contribution < -0.4 is 10.1 Å². The number of aromatic nitrogens is 2. The molecule has 0 saturated carbocycles. The molecule has 0 radical (unpaired) electrons. The first kappa shape index (κ1) is 27.5. The van der Waals surface area contributed by atoms with Crippen molar-refractivity contribution >= 4 is 34.9 Å². The molecule has 1 aliphatic heterocycles. The summed E-state index contributed by atoms with van der Waals surface area (Å²) in [6.45, 7) is 3.69. The first-order valence-electron chi connectivity index (χ1n) is 13.7. The number of para-hydroxylation sites is 1. The van der Waals surface area contributed by atoms with Crippen LogP contribution in [0.3, 0.4) is 0 Å². The van der Waals surface area contributed by atoms with Gasteiger partial charge >= 0.3 is 11.9 Å². The number of hydrogen-bond acceptors (Lipinski definition) is 8. The smallest absolute Gasteiger partial charge is 0.344 e. The van der Waals surface area contributed by atoms with Crippen LogP contribution in [0.1, 0.15) is 63.7 Å². The highest BCUT2D eigenvalue weighted by molar-refractivity contribution is 7.10. The van der Waals surface area contributed by atoms with Crippen LogP contribution in [0.5, 0.6) is 5.75 Å². The number of ketones is 1. The number of allylic oxidation sites excluding steroid dienone is 2. The second-order valence-electron chi connectivity index (χ2n) is 10.2. The minimum atomic E-state index is -1.05. The van der Waals surface area contributed by atoms with Crippen molar-refractivity contribution in [3.05, 3.63) is 105 Å². The van der Waals surface area contributed by atoms with E-state index in [1.807, 2.05) is 30.5 Å². The number of thiophene rings is 1. The number of ether oxygens (including phenoxy) is 2. The Morgan fingerprint density at radius 2 is 1.88 bits per heavy atom. The predicted molar refractivity (Wildman–Crippen MR) is 158 cm³/mol. The first-order valence-corrected chi connectivity index (χ1v) is 14.6. The summed E-state index contributed by atoms with van der Waals surface area (Å²) in [7, 11) is 0. The van der Waals surface area contributed by atoms with Crippen LogP contribution >= 0.6 is 11.3 Å². The molecule has 2 N–H and O–H groups in total. The van der Waals surface area contributed by atoms with E-state index < -0.39 is 17.9 Å². The third-order valence-electron chi connectivity index (χ3n) is 7.64. The molecule has 0 amide bonds. The van der Waals surface area contributed by atoms with Gasteiger partial charge in [-0.2, -0.15) is 5.10 Å². The Morgan fingerprint density at radius 3 is 2.60 bits per heavy atom. The summed E-state index contributed by atoms with van der Waals surface area (Å²) in [5, 5.41) is 20.3.